The Morgan fingerprint density at radius 1 is 1.00 bits per heavy atom. The number of nitro benzene ring substituents is 1. The van der Waals surface area contributed by atoms with Gasteiger partial charge in [0.1, 0.15) is 12.2 Å². The molecule has 1 heterocycles. The zero-order valence-corrected chi connectivity index (χ0v) is 18.1. The van der Waals surface area contributed by atoms with Crippen molar-refractivity contribution < 1.29 is 33.5 Å². The van der Waals surface area contributed by atoms with E-state index in [1.807, 2.05) is 6.92 Å². The van der Waals surface area contributed by atoms with E-state index in [4.69, 9.17) is 18.9 Å². The molecule has 1 saturated carbocycles. The molecule has 0 N–H and O–H groups in total. The van der Waals surface area contributed by atoms with Crippen LogP contribution in [0.1, 0.15) is 43.7 Å². The number of ether oxygens (including phenoxy) is 4. The summed E-state index contributed by atoms with van der Waals surface area (Å²) < 4.78 is 22.4. The Labute approximate surface area is 190 Å². The third kappa shape index (κ3) is 4.97. The van der Waals surface area contributed by atoms with E-state index < -0.39 is 22.6 Å². The van der Waals surface area contributed by atoms with Crippen molar-refractivity contribution in [1.29, 1.82) is 0 Å². The van der Waals surface area contributed by atoms with Gasteiger partial charge in [-0.15, -0.1) is 0 Å². The zero-order chi connectivity index (χ0) is 23.4. The van der Waals surface area contributed by atoms with Crippen molar-refractivity contribution in [2.45, 2.75) is 45.0 Å². The minimum atomic E-state index is -1.11. The Hall–Kier alpha value is -3.88. The lowest BCUT2D eigenvalue weighted by molar-refractivity contribution is -0.384. The number of benzene rings is 2. The van der Waals surface area contributed by atoms with Gasteiger partial charge in [0.05, 0.1) is 11.5 Å². The smallest absolute Gasteiger partial charge is 0.348 e. The second-order valence-corrected chi connectivity index (χ2v) is 7.81. The van der Waals surface area contributed by atoms with E-state index in [-0.39, 0.29) is 17.9 Å². The maximum absolute atomic E-state index is 12.5. The predicted molar refractivity (Wildman–Crippen MR) is 116 cm³/mol. The van der Waals surface area contributed by atoms with E-state index in [0.29, 0.717) is 36.5 Å². The van der Waals surface area contributed by atoms with Crippen LogP contribution in [0.5, 0.6) is 11.5 Å². The number of esters is 2. The molecule has 4 rings (SSSR count). The van der Waals surface area contributed by atoms with E-state index in [2.05, 4.69) is 0 Å². The second kappa shape index (κ2) is 9.32. The van der Waals surface area contributed by atoms with Crippen LogP contribution >= 0.6 is 0 Å². The molecule has 0 bridgehead atoms. The molecular formula is C24H23NO8. The number of hydrogen-bond acceptors (Lipinski definition) is 8. The first kappa shape index (κ1) is 22.3. The van der Waals surface area contributed by atoms with Gasteiger partial charge >= 0.3 is 11.9 Å². The summed E-state index contributed by atoms with van der Waals surface area (Å²) in [5.74, 6) is -1.61. The molecule has 2 aromatic rings. The second-order valence-electron chi connectivity index (χ2n) is 7.81. The van der Waals surface area contributed by atoms with Gasteiger partial charge < -0.3 is 18.9 Å². The van der Waals surface area contributed by atoms with Gasteiger partial charge in [0.15, 0.2) is 11.5 Å². The summed E-state index contributed by atoms with van der Waals surface area (Å²) in [4.78, 5) is 35.3. The summed E-state index contributed by atoms with van der Waals surface area (Å²) >= 11 is 0. The molecule has 0 atom stereocenters. The number of nitro groups is 1. The van der Waals surface area contributed by atoms with Gasteiger partial charge in [-0.05, 0) is 61.2 Å². The highest BCUT2D eigenvalue weighted by atomic mass is 16.7. The first-order valence-electron chi connectivity index (χ1n) is 10.7. The molecule has 2 fully saturated rings. The van der Waals surface area contributed by atoms with Crippen molar-refractivity contribution in [3.05, 3.63) is 69.3 Å². The fourth-order valence-electron chi connectivity index (χ4n) is 3.83. The molecule has 1 saturated heterocycles. The van der Waals surface area contributed by atoms with Gasteiger partial charge in [-0.3, -0.25) is 10.1 Å². The quantitative estimate of drug-likeness (QED) is 0.200. The average molecular weight is 453 g/mol. The predicted octanol–water partition coefficient (Wildman–Crippen LogP) is 4.33. The van der Waals surface area contributed by atoms with Crippen molar-refractivity contribution in [3.63, 3.8) is 0 Å². The van der Waals surface area contributed by atoms with Gasteiger partial charge in [0.25, 0.3) is 11.5 Å². The lowest BCUT2D eigenvalue weighted by Gasteiger charge is -2.32. The fourth-order valence-corrected chi connectivity index (χ4v) is 3.83. The molecule has 0 amide bonds. The monoisotopic (exact) mass is 453 g/mol. The molecule has 33 heavy (non-hydrogen) atoms. The molecule has 2 aliphatic rings. The SMILES string of the molecule is CCOc1cc(C=C2C(=O)OC3(CCCC3)OC2=O)ccc1OCc1ccc([N+](=O)[O-])cc1. The standard InChI is InChI=1S/C24H23NO8/c1-2-30-21-14-17(13-19-22(26)32-24(33-23(19)27)11-3-4-12-24)7-10-20(21)31-15-16-5-8-18(9-6-16)25(28)29/h5-10,13-14H,2-4,11-12,15H2,1H3. The molecule has 1 spiro atoms. The van der Waals surface area contributed by atoms with E-state index >= 15 is 0 Å². The fraction of sp³-hybridized carbons (Fsp3) is 0.333. The first-order valence-corrected chi connectivity index (χ1v) is 10.7. The topological polar surface area (TPSA) is 114 Å². The Bertz CT molecular complexity index is 1080. The van der Waals surface area contributed by atoms with Crippen molar-refractivity contribution in [1.82, 2.24) is 0 Å². The van der Waals surface area contributed by atoms with Gasteiger partial charge in [0.2, 0.25) is 0 Å². The van der Waals surface area contributed by atoms with Crippen LogP contribution in [-0.2, 0) is 25.7 Å². The van der Waals surface area contributed by atoms with Crippen LogP contribution < -0.4 is 9.47 Å². The van der Waals surface area contributed by atoms with Gasteiger partial charge in [-0.25, -0.2) is 9.59 Å². The van der Waals surface area contributed by atoms with E-state index in [1.165, 1.54) is 18.2 Å². The normalized spacial score (nSPS) is 16.8. The first-order chi connectivity index (χ1) is 15.9. The minimum Gasteiger partial charge on any atom is -0.490 e. The number of carbonyl (C=O) groups is 2. The zero-order valence-electron chi connectivity index (χ0n) is 18.1. The van der Waals surface area contributed by atoms with E-state index in [1.54, 1.807) is 30.3 Å². The van der Waals surface area contributed by atoms with Crippen molar-refractivity contribution in [2.24, 2.45) is 0 Å². The largest absolute Gasteiger partial charge is 0.490 e. The maximum Gasteiger partial charge on any atom is 0.348 e. The summed E-state index contributed by atoms with van der Waals surface area (Å²) in [6.45, 7) is 2.38. The number of carbonyl (C=O) groups excluding carboxylic acids is 2. The molecule has 1 aliphatic carbocycles. The molecule has 1 aliphatic heterocycles. The van der Waals surface area contributed by atoms with Crippen molar-refractivity contribution in [2.75, 3.05) is 6.61 Å². The third-order valence-corrected chi connectivity index (χ3v) is 5.48. The highest BCUT2D eigenvalue weighted by Crippen LogP contribution is 2.39. The molecule has 9 nitrogen and oxygen atoms in total. The summed E-state index contributed by atoms with van der Waals surface area (Å²) in [5.41, 5.74) is 1.13. The third-order valence-electron chi connectivity index (χ3n) is 5.48. The summed E-state index contributed by atoms with van der Waals surface area (Å²) in [7, 11) is 0. The van der Waals surface area contributed by atoms with Crippen LogP contribution in [-0.4, -0.2) is 29.3 Å². The Morgan fingerprint density at radius 3 is 2.27 bits per heavy atom. The Balaban J connectivity index is 1.50. The van der Waals surface area contributed by atoms with Crippen LogP contribution in [0.4, 0.5) is 5.69 Å². The molecule has 9 heteroatoms. The van der Waals surface area contributed by atoms with Crippen LogP contribution in [0.15, 0.2) is 48.0 Å². The lowest BCUT2D eigenvalue weighted by atomic mass is 10.1. The van der Waals surface area contributed by atoms with Crippen molar-refractivity contribution in [3.8, 4) is 11.5 Å². The molecular weight excluding hydrogens is 430 g/mol. The lowest BCUT2D eigenvalue weighted by Crippen LogP contribution is -2.44. The van der Waals surface area contributed by atoms with E-state index in [9.17, 15) is 19.7 Å². The number of nitrogens with zero attached hydrogens (tertiary/aromatic N) is 1. The van der Waals surface area contributed by atoms with Gasteiger partial charge in [-0.1, -0.05) is 6.07 Å². The van der Waals surface area contributed by atoms with Gasteiger partial charge in [-0.2, -0.15) is 0 Å². The Kier molecular flexibility index (Phi) is 6.30. The molecule has 0 aromatic heterocycles. The van der Waals surface area contributed by atoms with Crippen LogP contribution in [0.3, 0.4) is 0 Å². The molecule has 172 valence electrons. The van der Waals surface area contributed by atoms with Crippen LogP contribution in [0.2, 0.25) is 0 Å². The minimum absolute atomic E-state index is 0.00441. The number of rotatable bonds is 7. The van der Waals surface area contributed by atoms with Crippen LogP contribution in [0, 0.1) is 10.1 Å². The number of non-ortho nitro benzene ring substituents is 1. The highest BCUT2D eigenvalue weighted by molar-refractivity contribution is 6.18. The summed E-state index contributed by atoms with van der Waals surface area (Å²) in [6, 6.07) is 11.1. The average Bonchev–Trinajstić information content (AvgIpc) is 3.23. The van der Waals surface area contributed by atoms with Gasteiger partial charge in [0, 0.05) is 25.0 Å². The maximum atomic E-state index is 12.5. The molecule has 0 unspecified atom stereocenters. The number of hydrogen-bond donors (Lipinski definition) is 0. The Morgan fingerprint density at radius 2 is 1.67 bits per heavy atom. The summed E-state index contributed by atoms with van der Waals surface area (Å²) in [6.07, 6.45) is 4.15. The highest BCUT2D eigenvalue weighted by Gasteiger charge is 2.47. The van der Waals surface area contributed by atoms with Crippen molar-refractivity contribution >= 4 is 23.7 Å². The molecule has 0 radical (unpaired) electrons. The van der Waals surface area contributed by atoms with E-state index in [0.717, 1.165) is 18.4 Å². The molecule has 2 aromatic carbocycles. The van der Waals surface area contributed by atoms with Crippen LogP contribution in [0.25, 0.3) is 6.08 Å². The summed E-state index contributed by atoms with van der Waals surface area (Å²) in [5, 5.41) is 10.8.